The van der Waals surface area contributed by atoms with Crippen LogP contribution in [0.2, 0.25) is 0 Å². The maximum Gasteiger partial charge on any atom is 0.0672 e. The smallest absolute Gasteiger partial charge is 0.0672 e. The molecular formula is C14H26N2O. The molecule has 1 rings (SSSR count). The Morgan fingerprint density at radius 1 is 1.41 bits per heavy atom. The van der Waals surface area contributed by atoms with E-state index >= 15 is 0 Å². The van der Waals surface area contributed by atoms with Gasteiger partial charge in [-0.1, -0.05) is 13.3 Å². The molecule has 3 heteroatoms. The number of nitriles is 1. The molecule has 0 aromatic carbocycles. The van der Waals surface area contributed by atoms with Crippen molar-refractivity contribution in [3.8, 4) is 6.07 Å². The number of hydrogen-bond acceptors (Lipinski definition) is 3. The standard InChI is InChI=1S/C14H26N2O/c1-4-12-5-6-13(10-15)14(9-12)16(7-8-17)11(2)3/h11-14,17H,4-9H2,1-3H3. The summed E-state index contributed by atoms with van der Waals surface area (Å²) >= 11 is 0. The Morgan fingerprint density at radius 3 is 2.59 bits per heavy atom. The topological polar surface area (TPSA) is 47.3 Å². The third kappa shape index (κ3) is 3.69. The van der Waals surface area contributed by atoms with Gasteiger partial charge in [-0.15, -0.1) is 0 Å². The Labute approximate surface area is 105 Å². The van der Waals surface area contributed by atoms with E-state index < -0.39 is 0 Å². The first-order chi connectivity index (χ1) is 8.13. The van der Waals surface area contributed by atoms with Crippen molar-refractivity contribution in [1.29, 1.82) is 5.26 Å². The first kappa shape index (κ1) is 14.5. The van der Waals surface area contributed by atoms with E-state index in [1.165, 1.54) is 12.8 Å². The molecule has 0 bridgehead atoms. The third-order valence-electron chi connectivity index (χ3n) is 4.12. The minimum Gasteiger partial charge on any atom is -0.395 e. The van der Waals surface area contributed by atoms with Crippen molar-refractivity contribution in [3.63, 3.8) is 0 Å². The highest BCUT2D eigenvalue weighted by atomic mass is 16.3. The minimum absolute atomic E-state index is 0.145. The Balaban J connectivity index is 2.76. The molecule has 1 aliphatic carbocycles. The summed E-state index contributed by atoms with van der Waals surface area (Å²) in [5.41, 5.74) is 0. The van der Waals surface area contributed by atoms with Crippen LogP contribution in [0.3, 0.4) is 0 Å². The molecule has 0 aliphatic heterocycles. The van der Waals surface area contributed by atoms with Gasteiger partial charge in [0.25, 0.3) is 0 Å². The van der Waals surface area contributed by atoms with Crippen molar-refractivity contribution in [2.45, 2.75) is 58.5 Å². The first-order valence-corrected chi connectivity index (χ1v) is 6.90. The number of rotatable bonds is 5. The van der Waals surface area contributed by atoms with E-state index in [4.69, 9.17) is 0 Å². The van der Waals surface area contributed by atoms with E-state index in [1.807, 2.05) is 0 Å². The Bertz CT molecular complexity index is 259. The van der Waals surface area contributed by atoms with Gasteiger partial charge in [-0.05, 0) is 39.0 Å². The molecule has 0 aromatic rings. The van der Waals surface area contributed by atoms with E-state index in [0.717, 1.165) is 18.8 Å². The normalized spacial score (nSPS) is 29.6. The lowest BCUT2D eigenvalue weighted by atomic mass is 9.77. The maximum atomic E-state index is 9.28. The lowest BCUT2D eigenvalue weighted by Crippen LogP contribution is -2.48. The zero-order valence-corrected chi connectivity index (χ0v) is 11.4. The third-order valence-corrected chi connectivity index (χ3v) is 4.12. The van der Waals surface area contributed by atoms with Crippen LogP contribution in [-0.2, 0) is 0 Å². The lowest BCUT2D eigenvalue weighted by molar-refractivity contribution is 0.0570. The molecule has 0 aromatic heterocycles. The highest BCUT2D eigenvalue weighted by molar-refractivity contribution is 4.98. The van der Waals surface area contributed by atoms with Gasteiger partial charge in [-0.2, -0.15) is 5.26 Å². The molecule has 0 radical (unpaired) electrons. The highest BCUT2D eigenvalue weighted by Gasteiger charge is 2.34. The maximum absolute atomic E-state index is 9.28. The fourth-order valence-electron chi connectivity index (χ4n) is 3.04. The number of nitrogens with zero attached hydrogens (tertiary/aromatic N) is 2. The van der Waals surface area contributed by atoms with Gasteiger partial charge in [0.2, 0.25) is 0 Å². The number of aliphatic hydroxyl groups is 1. The van der Waals surface area contributed by atoms with Crippen molar-refractivity contribution in [2.24, 2.45) is 11.8 Å². The molecule has 1 saturated carbocycles. The van der Waals surface area contributed by atoms with Gasteiger partial charge in [0, 0.05) is 18.6 Å². The molecule has 3 atom stereocenters. The summed E-state index contributed by atoms with van der Waals surface area (Å²) in [6, 6.07) is 3.21. The van der Waals surface area contributed by atoms with Gasteiger partial charge >= 0.3 is 0 Å². The fraction of sp³-hybridized carbons (Fsp3) is 0.929. The van der Waals surface area contributed by atoms with E-state index in [9.17, 15) is 10.4 Å². The van der Waals surface area contributed by atoms with E-state index in [0.29, 0.717) is 18.6 Å². The largest absolute Gasteiger partial charge is 0.395 e. The van der Waals surface area contributed by atoms with Gasteiger partial charge in [0.15, 0.2) is 0 Å². The SMILES string of the molecule is CCC1CCC(C#N)C(N(CCO)C(C)C)C1. The Hall–Kier alpha value is -0.590. The van der Waals surface area contributed by atoms with Crippen molar-refractivity contribution in [1.82, 2.24) is 4.90 Å². The summed E-state index contributed by atoms with van der Waals surface area (Å²) in [5.74, 6) is 0.899. The molecule has 0 amide bonds. The minimum atomic E-state index is 0.145. The van der Waals surface area contributed by atoms with Crippen molar-refractivity contribution in [3.05, 3.63) is 0 Å². The lowest BCUT2D eigenvalue weighted by Gasteiger charge is -2.42. The van der Waals surface area contributed by atoms with E-state index in [2.05, 4.69) is 31.7 Å². The van der Waals surface area contributed by atoms with E-state index in [-0.39, 0.29) is 12.5 Å². The second kappa shape index (κ2) is 6.98. The average molecular weight is 238 g/mol. The van der Waals surface area contributed by atoms with Gasteiger partial charge in [-0.3, -0.25) is 4.90 Å². The molecule has 1 N–H and O–H groups in total. The summed E-state index contributed by atoms with van der Waals surface area (Å²) in [6.07, 6.45) is 4.54. The van der Waals surface area contributed by atoms with Crippen LogP contribution < -0.4 is 0 Å². The van der Waals surface area contributed by atoms with Gasteiger partial charge in [0.05, 0.1) is 18.6 Å². The second-order valence-corrected chi connectivity index (χ2v) is 5.45. The zero-order valence-electron chi connectivity index (χ0n) is 11.4. The Morgan fingerprint density at radius 2 is 2.12 bits per heavy atom. The molecule has 0 heterocycles. The molecule has 1 fully saturated rings. The fourth-order valence-corrected chi connectivity index (χ4v) is 3.04. The van der Waals surface area contributed by atoms with Gasteiger partial charge in [-0.25, -0.2) is 0 Å². The van der Waals surface area contributed by atoms with Crippen molar-refractivity contribution in [2.75, 3.05) is 13.2 Å². The molecule has 0 saturated heterocycles. The second-order valence-electron chi connectivity index (χ2n) is 5.45. The molecular weight excluding hydrogens is 212 g/mol. The molecule has 1 aliphatic rings. The van der Waals surface area contributed by atoms with Crippen LogP contribution in [0, 0.1) is 23.2 Å². The van der Waals surface area contributed by atoms with Gasteiger partial charge in [0.1, 0.15) is 0 Å². The number of hydrogen-bond donors (Lipinski definition) is 1. The molecule has 3 nitrogen and oxygen atoms in total. The van der Waals surface area contributed by atoms with Crippen LogP contribution in [0.1, 0.15) is 46.5 Å². The van der Waals surface area contributed by atoms with Crippen LogP contribution in [-0.4, -0.2) is 35.2 Å². The van der Waals surface area contributed by atoms with Crippen molar-refractivity contribution >= 4 is 0 Å². The summed E-state index contributed by atoms with van der Waals surface area (Å²) in [4.78, 5) is 2.32. The average Bonchev–Trinajstić information content (AvgIpc) is 2.34. The summed E-state index contributed by atoms with van der Waals surface area (Å²) < 4.78 is 0. The monoisotopic (exact) mass is 238 g/mol. The molecule has 98 valence electrons. The van der Waals surface area contributed by atoms with Crippen LogP contribution in [0.15, 0.2) is 0 Å². The van der Waals surface area contributed by atoms with Crippen molar-refractivity contribution < 1.29 is 5.11 Å². The predicted octanol–water partition coefficient (Wildman–Crippen LogP) is 2.41. The van der Waals surface area contributed by atoms with Crippen LogP contribution in [0.5, 0.6) is 0 Å². The van der Waals surface area contributed by atoms with Crippen LogP contribution in [0.4, 0.5) is 0 Å². The molecule has 3 unspecified atom stereocenters. The van der Waals surface area contributed by atoms with Gasteiger partial charge < -0.3 is 5.11 Å². The predicted molar refractivity (Wildman–Crippen MR) is 69.5 cm³/mol. The van der Waals surface area contributed by atoms with Crippen LogP contribution in [0.25, 0.3) is 0 Å². The summed E-state index contributed by atoms with van der Waals surface area (Å²) in [7, 11) is 0. The van der Waals surface area contributed by atoms with Crippen LogP contribution >= 0.6 is 0 Å². The Kier molecular flexibility index (Phi) is 5.94. The number of aliphatic hydroxyl groups excluding tert-OH is 1. The zero-order chi connectivity index (χ0) is 12.8. The summed E-state index contributed by atoms with van der Waals surface area (Å²) in [5, 5.41) is 18.5. The highest BCUT2D eigenvalue weighted by Crippen LogP contribution is 2.34. The quantitative estimate of drug-likeness (QED) is 0.800. The van der Waals surface area contributed by atoms with E-state index in [1.54, 1.807) is 0 Å². The first-order valence-electron chi connectivity index (χ1n) is 6.90. The molecule has 0 spiro atoms. The molecule has 17 heavy (non-hydrogen) atoms. The summed E-state index contributed by atoms with van der Waals surface area (Å²) in [6.45, 7) is 7.42.